The summed E-state index contributed by atoms with van der Waals surface area (Å²) in [6.45, 7) is 1.42. The van der Waals surface area contributed by atoms with E-state index in [4.69, 9.17) is 25.8 Å². The van der Waals surface area contributed by atoms with Crippen LogP contribution in [0.4, 0.5) is 4.79 Å². The Morgan fingerprint density at radius 1 is 1.45 bits per heavy atom. The number of rotatable bonds is 1. The molecule has 0 rings (SSSR count). The SMILES string of the molecule is CC(N)C(=O)O.O=C([O-])O.[Na+]. The first-order chi connectivity index (χ1) is 4.37. The summed E-state index contributed by atoms with van der Waals surface area (Å²) >= 11 is 0. The second kappa shape index (κ2) is 9.70. The van der Waals surface area contributed by atoms with Crippen LogP contribution < -0.4 is 40.4 Å². The van der Waals surface area contributed by atoms with E-state index in [-0.39, 0.29) is 29.6 Å². The van der Waals surface area contributed by atoms with E-state index in [1.165, 1.54) is 6.92 Å². The summed E-state index contributed by atoms with van der Waals surface area (Å²) in [6.07, 6.45) is -2.08. The molecule has 0 bridgehead atoms. The fourth-order valence-corrected chi connectivity index (χ4v) is 0. The van der Waals surface area contributed by atoms with Crippen LogP contribution in [0.3, 0.4) is 0 Å². The Hall–Kier alpha value is -0.300. The van der Waals surface area contributed by atoms with Crippen LogP contribution in [0, 0.1) is 0 Å². The van der Waals surface area contributed by atoms with Gasteiger partial charge in [-0.25, -0.2) is 0 Å². The van der Waals surface area contributed by atoms with Gasteiger partial charge in [0.1, 0.15) is 6.04 Å². The molecule has 0 aliphatic rings. The number of carboxylic acid groups (broad SMARTS) is 3. The molecule has 0 aliphatic carbocycles. The van der Waals surface area contributed by atoms with Crippen LogP contribution in [0.25, 0.3) is 0 Å². The van der Waals surface area contributed by atoms with Gasteiger partial charge in [0.2, 0.25) is 6.16 Å². The molecular formula is C4H8NNaO5. The normalized spacial score (nSPS) is 9.64. The van der Waals surface area contributed by atoms with Crippen molar-refractivity contribution in [2.45, 2.75) is 13.0 Å². The third-order valence-electron chi connectivity index (χ3n) is 0.390. The van der Waals surface area contributed by atoms with Crippen molar-refractivity contribution in [3.8, 4) is 0 Å². The maximum Gasteiger partial charge on any atom is 1.00 e. The van der Waals surface area contributed by atoms with Gasteiger partial charge in [-0.3, -0.25) is 4.79 Å². The monoisotopic (exact) mass is 173 g/mol. The van der Waals surface area contributed by atoms with Gasteiger partial charge in [-0.2, -0.15) is 0 Å². The van der Waals surface area contributed by atoms with Gasteiger partial charge in [-0.1, -0.05) is 0 Å². The molecule has 1 unspecified atom stereocenters. The second-order valence-corrected chi connectivity index (χ2v) is 1.39. The molecule has 6 nitrogen and oxygen atoms in total. The van der Waals surface area contributed by atoms with Gasteiger partial charge in [0, 0.05) is 0 Å². The van der Waals surface area contributed by atoms with Crippen LogP contribution in [0.2, 0.25) is 0 Å². The maximum atomic E-state index is 9.57. The van der Waals surface area contributed by atoms with Crippen molar-refractivity contribution in [1.82, 2.24) is 0 Å². The minimum atomic E-state index is -2.08. The number of nitrogens with two attached hydrogens (primary N) is 1. The Morgan fingerprint density at radius 3 is 1.55 bits per heavy atom. The molecule has 7 heteroatoms. The Kier molecular flexibility index (Phi) is 15.0. The minimum Gasteiger partial charge on any atom is -0.565 e. The molecule has 0 heterocycles. The van der Waals surface area contributed by atoms with Crippen molar-refractivity contribution < 1.29 is 54.5 Å². The van der Waals surface area contributed by atoms with Gasteiger partial charge in [0.15, 0.2) is 0 Å². The number of hydrogen-bond donors (Lipinski definition) is 3. The zero-order chi connectivity index (χ0) is 8.73. The van der Waals surface area contributed by atoms with Gasteiger partial charge in [0.25, 0.3) is 0 Å². The number of carboxylic acids is 1. The van der Waals surface area contributed by atoms with Gasteiger partial charge < -0.3 is 25.8 Å². The average molecular weight is 173 g/mol. The Morgan fingerprint density at radius 2 is 1.55 bits per heavy atom. The molecule has 0 saturated carbocycles. The Bertz CT molecular complexity index is 122. The minimum absolute atomic E-state index is 0. The van der Waals surface area contributed by atoms with Crippen molar-refractivity contribution in [3.63, 3.8) is 0 Å². The first-order valence-corrected chi connectivity index (χ1v) is 2.26. The molecule has 0 aromatic rings. The maximum absolute atomic E-state index is 9.57. The van der Waals surface area contributed by atoms with E-state index in [1.807, 2.05) is 0 Å². The summed E-state index contributed by atoms with van der Waals surface area (Å²) in [7, 11) is 0. The fraction of sp³-hybridized carbons (Fsp3) is 0.500. The molecule has 0 fully saturated rings. The van der Waals surface area contributed by atoms with Crippen molar-refractivity contribution in [3.05, 3.63) is 0 Å². The van der Waals surface area contributed by atoms with E-state index in [0.717, 1.165) is 0 Å². The summed E-state index contributed by atoms with van der Waals surface area (Å²) in [6, 6.07) is -0.731. The van der Waals surface area contributed by atoms with Crippen LogP contribution >= 0.6 is 0 Å². The first kappa shape index (κ1) is 17.0. The quantitative estimate of drug-likeness (QED) is 0.342. The molecule has 0 aliphatic heterocycles. The molecule has 4 N–H and O–H groups in total. The number of hydrogen-bond acceptors (Lipinski definition) is 4. The predicted molar refractivity (Wildman–Crippen MR) is 29.3 cm³/mol. The van der Waals surface area contributed by atoms with Crippen LogP contribution in [0.15, 0.2) is 0 Å². The summed E-state index contributed by atoms with van der Waals surface area (Å²) in [5.41, 5.74) is 4.84. The molecule has 0 aromatic carbocycles. The van der Waals surface area contributed by atoms with Gasteiger partial charge >= 0.3 is 35.5 Å². The van der Waals surface area contributed by atoms with Gasteiger partial charge in [0.05, 0.1) is 0 Å². The number of aliphatic carboxylic acids is 1. The third-order valence-corrected chi connectivity index (χ3v) is 0.390. The van der Waals surface area contributed by atoms with E-state index in [2.05, 4.69) is 0 Å². The predicted octanol–water partition coefficient (Wildman–Crippen LogP) is -4.69. The molecule has 0 amide bonds. The molecule has 0 saturated heterocycles. The van der Waals surface area contributed by atoms with Crippen molar-refractivity contribution in [2.75, 3.05) is 0 Å². The van der Waals surface area contributed by atoms with E-state index in [9.17, 15) is 4.79 Å². The van der Waals surface area contributed by atoms with Crippen molar-refractivity contribution >= 4 is 12.1 Å². The van der Waals surface area contributed by atoms with Crippen LogP contribution in [0.5, 0.6) is 0 Å². The summed E-state index contributed by atoms with van der Waals surface area (Å²) in [4.78, 5) is 18.0. The van der Waals surface area contributed by atoms with Crippen LogP contribution in [-0.4, -0.2) is 28.4 Å². The number of carbonyl (C=O) groups is 2. The van der Waals surface area contributed by atoms with E-state index < -0.39 is 18.2 Å². The molecule has 1 atom stereocenters. The summed E-state index contributed by atoms with van der Waals surface area (Å²) < 4.78 is 0. The fourth-order valence-electron chi connectivity index (χ4n) is 0. The molecule has 60 valence electrons. The van der Waals surface area contributed by atoms with E-state index in [0.29, 0.717) is 0 Å². The molecule has 11 heavy (non-hydrogen) atoms. The molecule has 0 spiro atoms. The van der Waals surface area contributed by atoms with E-state index >= 15 is 0 Å². The van der Waals surface area contributed by atoms with Gasteiger partial charge in [-0.05, 0) is 6.92 Å². The standard InChI is InChI=1S/C3H7NO2.CH2O3.Na/c1-2(4)3(5)6;2-1(3)4;/h2H,4H2,1H3,(H,5,6);(H2,2,3,4);/q;;+1/p-1. The average Bonchev–Trinajstić information content (AvgIpc) is 1.63. The van der Waals surface area contributed by atoms with Crippen molar-refractivity contribution in [2.24, 2.45) is 5.73 Å². The molecule has 0 aromatic heterocycles. The zero-order valence-electron chi connectivity index (χ0n) is 6.27. The van der Waals surface area contributed by atoms with Crippen LogP contribution in [0.1, 0.15) is 6.92 Å². The summed E-state index contributed by atoms with van der Waals surface area (Å²) in [5, 5.41) is 23.2. The van der Waals surface area contributed by atoms with Crippen molar-refractivity contribution in [1.29, 1.82) is 0 Å². The largest absolute Gasteiger partial charge is 1.00 e. The Labute approximate surface area is 85.3 Å². The van der Waals surface area contributed by atoms with Gasteiger partial charge in [-0.15, -0.1) is 0 Å². The first-order valence-electron chi connectivity index (χ1n) is 2.26. The smallest absolute Gasteiger partial charge is 0.565 e. The Balaban J connectivity index is -0.000000114. The second-order valence-electron chi connectivity index (χ2n) is 1.39. The van der Waals surface area contributed by atoms with E-state index in [1.54, 1.807) is 0 Å². The summed E-state index contributed by atoms with van der Waals surface area (Å²) in [5.74, 6) is -0.963. The zero-order valence-corrected chi connectivity index (χ0v) is 8.27. The molecule has 0 radical (unpaired) electrons. The third kappa shape index (κ3) is 42.0. The molecular weight excluding hydrogens is 165 g/mol. The van der Waals surface area contributed by atoms with Crippen LogP contribution in [-0.2, 0) is 4.79 Å². The topological polar surface area (TPSA) is 124 Å².